The van der Waals surface area contributed by atoms with Crippen molar-refractivity contribution in [2.75, 3.05) is 11.1 Å². The summed E-state index contributed by atoms with van der Waals surface area (Å²) in [5, 5.41) is 3.36. The molecular weight excluding hydrogens is 316 g/mol. The number of hydrogen-bond donors (Lipinski definition) is 2. The van der Waals surface area contributed by atoms with Gasteiger partial charge in [0.05, 0.1) is 17.5 Å². The molecule has 3 N–H and O–H groups in total. The van der Waals surface area contributed by atoms with Crippen LogP contribution in [0.15, 0.2) is 40.9 Å². The molecule has 0 saturated heterocycles. The largest absolute Gasteiger partial charge is 0.489 e. The quantitative estimate of drug-likeness (QED) is 0.784. The zero-order chi connectivity index (χ0) is 14.7. The van der Waals surface area contributed by atoms with E-state index in [9.17, 15) is 0 Å². The van der Waals surface area contributed by atoms with Gasteiger partial charge >= 0.3 is 0 Å². The third-order valence-electron chi connectivity index (χ3n) is 2.97. The van der Waals surface area contributed by atoms with Crippen molar-refractivity contribution in [3.63, 3.8) is 0 Å². The van der Waals surface area contributed by atoms with Crippen LogP contribution in [0.3, 0.4) is 0 Å². The molecule has 2 aromatic carbocycles. The summed E-state index contributed by atoms with van der Waals surface area (Å²) in [6, 6.07) is 11.8. The topological polar surface area (TPSA) is 47.3 Å². The summed E-state index contributed by atoms with van der Waals surface area (Å²) < 4.78 is 6.77. The fourth-order valence-corrected chi connectivity index (χ4v) is 2.26. The molecule has 20 heavy (non-hydrogen) atoms. The Labute approximate surface area is 128 Å². The highest BCUT2D eigenvalue weighted by Gasteiger charge is 2.09. The summed E-state index contributed by atoms with van der Waals surface area (Å²) in [6.07, 6.45) is 0.0974. The standard InChI is InChI=1S/C16H19BrN2O/c1-10(2)20-15-9-5-8-14(16(15)18)19-13-7-4-6-12(17)11(13)3/h4-10,19H,18H2,1-3H3. The maximum atomic E-state index is 6.17. The number of halogens is 1. The molecule has 0 radical (unpaired) electrons. The second-order valence-electron chi connectivity index (χ2n) is 4.92. The van der Waals surface area contributed by atoms with E-state index in [1.165, 1.54) is 0 Å². The fourth-order valence-electron chi connectivity index (χ4n) is 1.90. The molecule has 0 aliphatic carbocycles. The van der Waals surface area contributed by atoms with Crippen LogP contribution in [-0.4, -0.2) is 6.10 Å². The number of ether oxygens (including phenoxy) is 1. The lowest BCUT2D eigenvalue weighted by Gasteiger charge is -2.17. The predicted octanol–water partition coefficient (Wildman–Crippen LogP) is 4.87. The van der Waals surface area contributed by atoms with Gasteiger partial charge in [-0.25, -0.2) is 0 Å². The normalized spacial score (nSPS) is 10.7. The lowest BCUT2D eigenvalue weighted by atomic mass is 10.2. The van der Waals surface area contributed by atoms with Gasteiger partial charge in [-0.05, 0) is 50.6 Å². The van der Waals surface area contributed by atoms with Crippen LogP contribution in [0.25, 0.3) is 0 Å². The Morgan fingerprint density at radius 3 is 2.45 bits per heavy atom. The zero-order valence-electron chi connectivity index (χ0n) is 11.9. The van der Waals surface area contributed by atoms with E-state index in [-0.39, 0.29) is 6.10 Å². The van der Waals surface area contributed by atoms with E-state index in [1.807, 2.05) is 50.2 Å². The highest BCUT2D eigenvalue weighted by Crippen LogP contribution is 2.34. The molecule has 0 aliphatic heterocycles. The van der Waals surface area contributed by atoms with Crippen molar-refractivity contribution < 1.29 is 4.74 Å². The van der Waals surface area contributed by atoms with E-state index in [4.69, 9.17) is 10.5 Å². The summed E-state index contributed by atoms with van der Waals surface area (Å²) >= 11 is 3.53. The first kappa shape index (κ1) is 14.7. The Hall–Kier alpha value is -1.68. The van der Waals surface area contributed by atoms with Crippen LogP contribution in [0.4, 0.5) is 17.1 Å². The summed E-state index contributed by atoms with van der Waals surface area (Å²) in [6.45, 7) is 6.02. The third kappa shape index (κ3) is 3.25. The average molecular weight is 335 g/mol. The van der Waals surface area contributed by atoms with Gasteiger partial charge in [0.15, 0.2) is 0 Å². The minimum Gasteiger partial charge on any atom is -0.489 e. The van der Waals surface area contributed by atoms with Crippen molar-refractivity contribution in [1.29, 1.82) is 0 Å². The first-order chi connectivity index (χ1) is 9.49. The van der Waals surface area contributed by atoms with Gasteiger partial charge in [-0.15, -0.1) is 0 Å². The molecule has 4 heteroatoms. The number of anilines is 3. The number of benzene rings is 2. The summed E-state index contributed by atoms with van der Waals surface area (Å²) in [5.74, 6) is 0.706. The second kappa shape index (κ2) is 6.18. The van der Waals surface area contributed by atoms with Gasteiger partial charge in [0.2, 0.25) is 0 Å². The Bertz CT molecular complexity index is 611. The van der Waals surface area contributed by atoms with Gasteiger partial charge < -0.3 is 15.8 Å². The van der Waals surface area contributed by atoms with Gasteiger partial charge in [-0.1, -0.05) is 28.1 Å². The molecular formula is C16H19BrN2O. The van der Waals surface area contributed by atoms with Crippen molar-refractivity contribution in [2.24, 2.45) is 0 Å². The molecule has 3 nitrogen and oxygen atoms in total. The van der Waals surface area contributed by atoms with Crippen molar-refractivity contribution in [3.05, 3.63) is 46.4 Å². The van der Waals surface area contributed by atoms with E-state index < -0.39 is 0 Å². The smallest absolute Gasteiger partial charge is 0.144 e. The molecule has 106 valence electrons. The van der Waals surface area contributed by atoms with Crippen LogP contribution in [0.5, 0.6) is 5.75 Å². The minimum atomic E-state index is 0.0974. The van der Waals surface area contributed by atoms with Crippen LogP contribution in [-0.2, 0) is 0 Å². The number of rotatable bonds is 4. The monoisotopic (exact) mass is 334 g/mol. The molecule has 0 atom stereocenters. The molecule has 0 unspecified atom stereocenters. The van der Waals surface area contributed by atoms with E-state index >= 15 is 0 Å². The highest BCUT2D eigenvalue weighted by atomic mass is 79.9. The predicted molar refractivity (Wildman–Crippen MR) is 88.8 cm³/mol. The van der Waals surface area contributed by atoms with Crippen LogP contribution in [0.1, 0.15) is 19.4 Å². The Kier molecular flexibility index (Phi) is 4.55. The molecule has 0 aromatic heterocycles. The zero-order valence-corrected chi connectivity index (χ0v) is 13.5. The van der Waals surface area contributed by atoms with Crippen molar-refractivity contribution in [1.82, 2.24) is 0 Å². The van der Waals surface area contributed by atoms with Crippen molar-refractivity contribution in [3.8, 4) is 5.75 Å². The summed E-state index contributed by atoms with van der Waals surface area (Å²) in [4.78, 5) is 0. The number of hydrogen-bond acceptors (Lipinski definition) is 3. The van der Waals surface area contributed by atoms with Gasteiger partial charge in [-0.3, -0.25) is 0 Å². The SMILES string of the molecule is Cc1c(Br)cccc1Nc1cccc(OC(C)C)c1N. The number of nitrogens with one attached hydrogen (secondary N) is 1. The first-order valence-corrected chi connectivity index (χ1v) is 7.35. The van der Waals surface area contributed by atoms with Crippen LogP contribution in [0, 0.1) is 6.92 Å². The summed E-state index contributed by atoms with van der Waals surface area (Å²) in [5.41, 5.74) is 9.81. The van der Waals surface area contributed by atoms with Crippen LogP contribution >= 0.6 is 15.9 Å². The fraction of sp³-hybridized carbons (Fsp3) is 0.250. The Balaban J connectivity index is 2.32. The Morgan fingerprint density at radius 2 is 1.75 bits per heavy atom. The molecule has 0 aliphatic rings. The van der Waals surface area contributed by atoms with E-state index in [0.717, 1.165) is 21.4 Å². The molecule has 2 aromatic rings. The molecule has 0 spiro atoms. The van der Waals surface area contributed by atoms with E-state index in [1.54, 1.807) is 0 Å². The number of nitrogen functional groups attached to an aromatic ring is 1. The van der Waals surface area contributed by atoms with Crippen LogP contribution in [0.2, 0.25) is 0 Å². The van der Waals surface area contributed by atoms with Crippen LogP contribution < -0.4 is 15.8 Å². The maximum Gasteiger partial charge on any atom is 0.144 e. The lowest BCUT2D eigenvalue weighted by molar-refractivity contribution is 0.244. The summed E-state index contributed by atoms with van der Waals surface area (Å²) in [7, 11) is 0. The van der Waals surface area contributed by atoms with Crippen molar-refractivity contribution >= 4 is 33.0 Å². The van der Waals surface area contributed by atoms with Crippen molar-refractivity contribution in [2.45, 2.75) is 26.9 Å². The Morgan fingerprint density at radius 1 is 1.10 bits per heavy atom. The highest BCUT2D eigenvalue weighted by molar-refractivity contribution is 9.10. The average Bonchev–Trinajstić information content (AvgIpc) is 2.39. The first-order valence-electron chi connectivity index (χ1n) is 6.56. The van der Waals surface area contributed by atoms with Gasteiger partial charge in [0.25, 0.3) is 0 Å². The van der Waals surface area contributed by atoms with Gasteiger partial charge in [0.1, 0.15) is 5.75 Å². The number of para-hydroxylation sites is 1. The second-order valence-corrected chi connectivity index (χ2v) is 5.78. The van der Waals surface area contributed by atoms with E-state index in [2.05, 4.69) is 28.2 Å². The van der Waals surface area contributed by atoms with Gasteiger partial charge in [-0.2, -0.15) is 0 Å². The number of nitrogens with two attached hydrogens (primary N) is 1. The third-order valence-corrected chi connectivity index (χ3v) is 3.82. The molecule has 0 bridgehead atoms. The van der Waals surface area contributed by atoms with E-state index in [0.29, 0.717) is 11.4 Å². The molecule has 0 amide bonds. The van der Waals surface area contributed by atoms with Gasteiger partial charge in [0, 0.05) is 10.2 Å². The molecule has 2 rings (SSSR count). The molecule has 0 fully saturated rings. The maximum absolute atomic E-state index is 6.17. The molecule has 0 saturated carbocycles. The lowest BCUT2D eigenvalue weighted by Crippen LogP contribution is -2.08. The molecule has 0 heterocycles. The minimum absolute atomic E-state index is 0.0974.